The van der Waals surface area contributed by atoms with Gasteiger partial charge in [-0.25, -0.2) is 4.98 Å². The topological polar surface area (TPSA) is 120 Å². The summed E-state index contributed by atoms with van der Waals surface area (Å²) >= 11 is 1.66. The first kappa shape index (κ1) is 35.1. The van der Waals surface area contributed by atoms with E-state index in [1.807, 2.05) is 37.3 Å². The van der Waals surface area contributed by atoms with Crippen LogP contribution >= 0.6 is 11.3 Å². The molecule has 2 amide bonds. The van der Waals surface area contributed by atoms with Gasteiger partial charge >= 0.3 is 0 Å². The maximum absolute atomic E-state index is 12.2. The highest BCUT2D eigenvalue weighted by molar-refractivity contribution is 7.15. The highest BCUT2D eigenvalue weighted by Crippen LogP contribution is 2.38. The summed E-state index contributed by atoms with van der Waals surface area (Å²) in [5, 5.41) is 14.1. The van der Waals surface area contributed by atoms with Crippen LogP contribution in [0, 0.1) is 0 Å². The minimum absolute atomic E-state index is 0.181. The number of nitrogens with one attached hydrogen (secondary N) is 1. The molecule has 0 spiro atoms. The highest BCUT2D eigenvalue weighted by atomic mass is 32.1. The van der Waals surface area contributed by atoms with Gasteiger partial charge in [-0.15, -0.1) is 10.2 Å². The van der Waals surface area contributed by atoms with Gasteiger partial charge in [0.2, 0.25) is 16.9 Å². The zero-order valence-corrected chi connectivity index (χ0v) is 30.5. The fraction of sp³-hybridized carbons (Fsp3) is 0.636. The lowest BCUT2D eigenvalue weighted by molar-refractivity contribution is -0.129. The summed E-state index contributed by atoms with van der Waals surface area (Å²) in [7, 11) is 2.51. The van der Waals surface area contributed by atoms with Crippen molar-refractivity contribution in [2.45, 2.75) is 70.1 Å². The lowest BCUT2D eigenvalue weighted by atomic mass is 10.1. The van der Waals surface area contributed by atoms with Gasteiger partial charge < -0.3 is 24.8 Å². The number of rotatable bonds is 9. The molecule has 6 rings (SSSR count). The number of carbonyl (C=O) groups excluding carboxylic acids is 2. The minimum Gasteiger partial charge on any atom is -0.368 e. The van der Waals surface area contributed by atoms with Crippen LogP contribution in [0.1, 0.15) is 49.5 Å². The molecule has 3 aromatic heterocycles. The summed E-state index contributed by atoms with van der Waals surface area (Å²) in [5.74, 6) is 1.68. The lowest BCUT2D eigenvalue weighted by Gasteiger charge is -2.23. The summed E-state index contributed by atoms with van der Waals surface area (Å²) in [5.41, 5.74) is 2.64. The first-order valence-electron chi connectivity index (χ1n) is 17.0. The Kier molecular flexibility index (Phi) is 12.2. The van der Waals surface area contributed by atoms with Crippen molar-refractivity contribution in [1.82, 2.24) is 35.3 Å². The molecule has 12 nitrogen and oxygen atoms in total. The summed E-state index contributed by atoms with van der Waals surface area (Å²) in [6, 6.07) is 7.19. The number of likely N-dealkylation sites (N-methyl/N-ethyl adjacent to an activating group) is 2. The Labute approximate surface area is 283 Å². The largest absolute Gasteiger partial charge is 0.368 e. The van der Waals surface area contributed by atoms with Crippen LogP contribution in [0.3, 0.4) is 0 Å². The molecule has 1 aliphatic carbocycles. The molecule has 0 bridgehead atoms. The Hall–Kier alpha value is -3.20. The van der Waals surface area contributed by atoms with Crippen LogP contribution in [0.25, 0.3) is 11.0 Å². The summed E-state index contributed by atoms with van der Waals surface area (Å²) < 4.78 is 6.18. The number of hydrogen-bond donors (Lipinski definition) is 1. The molecule has 3 fully saturated rings. The van der Waals surface area contributed by atoms with Gasteiger partial charge in [0.15, 0.2) is 0 Å². The lowest BCUT2D eigenvalue weighted by Crippen LogP contribution is -2.31. The number of nitrogens with zero attached hydrogens (tertiary/aromatic N) is 8. The zero-order chi connectivity index (χ0) is 33.4. The first-order valence-corrected chi connectivity index (χ1v) is 21.5. The summed E-state index contributed by atoms with van der Waals surface area (Å²) in [6.45, 7) is 12.7. The quantitative estimate of drug-likeness (QED) is 0.194. The van der Waals surface area contributed by atoms with Gasteiger partial charge in [-0.3, -0.25) is 19.5 Å². The molecule has 5 heterocycles. The average Bonchev–Trinajstić information content (AvgIpc) is 3.69. The van der Waals surface area contributed by atoms with Crippen LogP contribution in [0.2, 0.25) is 25.7 Å². The van der Waals surface area contributed by atoms with Gasteiger partial charge in [-0.1, -0.05) is 43.8 Å². The van der Waals surface area contributed by atoms with Crippen molar-refractivity contribution in [1.29, 1.82) is 0 Å². The van der Waals surface area contributed by atoms with E-state index in [0.29, 0.717) is 38.7 Å². The first-order chi connectivity index (χ1) is 22.6. The standard InChI is InChI=1S/C27H39N7O2SSi.C6H12N2O/c1-32-13-14-33(12-11-25(32)35)21-17-23-22(28-18-21)9-10-24(29-23)34(19-36-15-16-38(2,3)4)27-31-30-26(37-27)20-7-5-6-8-20;1-8-4-2-3-7-5-6(8)9/h9-10,17-18,20H,5-8,11-16,19H2,1-4H3;7H,2-5H2,1H3. The molecule has 0 unspecified atom stereocenters. The third-order valence-electron chi connectivity index (χ3n) is 9.01. The monoisotopic (exact) mass is 681 g/mol. The molecule has 2 saturated heterocycles. The molecule has 0 aromatic carbocycles. The molecule has 0 atom stereocenters. The van der Waals surface area contributed by atoms with Crippen LogP contribution in [-0.2, 0) is 14.3 Å². The van der Waals surface area contributed by atoms with E-state index in [-0.39, 0.29) is 11.8 Å². The van der Waals surface area contributed by atoms with E-state index in [0.717, 1.165) is 71.4 Å². The van der Waals surface area contributed by atoms with Gasteiger partial charge in [0, 0.05) is 67.3 Å². The molecule has 47 heavy (non-hydrogen) atoms. The van der Waals surface area contributed by atoms with Crippen molar-refractivity contribution < 1.29 is 14.3 Å². The molecule has 14 heteroatoms. The van der Waals surface area contributed by atoms with Gasteiger partial charge in [0.1, 0.15) is 17.6 Å². The number of carbonyl (C=O) groups is 2. The number of hydrogen-bond acceptors (Lipinski definition) is 11. The van der Waals surface area contributed by atoms with Crippen molar-refractivity contribution in [3.63, 3.8) is 0 Å². The van der Waals surface area contributed by atoms with E-state index in [1.54, 1.807) is 21.1 Å². The van der Waals surface area contributed by atoms with Crippen molar-refractivity contribution >= 4 is 58.9 Å². The summed E-state index contributed by atoms with van der Waals surface area (Å²) in [6.07, 6.45) is 8.39. The number of anilines is 3. The fourth-order valence-electron chi connectivity index (χ4n) is 5.82. The molecule has 3 aromatic rings. The predicted molar refractivity (Wildman–Crippen MR) is 191 cm³/mol. The smallest absolute Gasteiger partial charge is 0.236 e. The van der Waals surface area contributed by atoms with E-state index in [9.17, 15) is 9.59 Å². The SMILES string of the molecule is CN1CCCNCC1=O.CN1CCN(c2cnc3ccc(N(COCC[Si](C)(C)C)c4nnc(C5CCCC5)s4)nc3c2)CCC1=O. The number of ether oxygens (including phenoxy) is 1. The van der Waals surface area contributed by atoms with Gasteiger partial charge in [0.05, 0.1) is 29.5 Å². The van der Waals surface area contributed by atoms with E-state index in [1.165, 1.54) is 25.7 Å². The number of fused-ring (bicyclic) bond motifs is 1. The third-order valence-corrected chi connectivity index (χ3v) is 11.8. The van der Waals surface area contributed by atoms with Crippen molar-refractivity contribution in [2.75, 3.05) is 76.5 Å². The van der Waals surface area contributed by atoms with E-state index >= 15 is 0 Å². The Morgan fingerprint density at radius 3 is 2.55 bits per heavy atom. The molecular weight excluding hydrogens is 631 g/mol. The minimum atomic E-state index is -1.19. The molecule has 0 radical (unpaired) electrons. The maximum atomic E-state index is 12.2. The van der Waals surface area contributed by atoms with Crippen LogP contribution in [0.5, 0.6) is 0 Å². The number of amides is 2. The molecule has 2 aliphatic heterocycles. The Balaban J connectivity index is 0.000000417. The molecular formula is C33H51N9O3SSi. The van der Waals surface area contributed by atoms with Crippen molar-refractivity contribution in [2.24, 2.45) is 0 Å². The van der Waals surface area contributed by atoms with E-state index < -0.39 is 8.07 Å². The molecule has 256 valence electrons. The van der Waals surface area contributed by atoms with Crippen molar-refractivity contribution in [3.05, 3.63) is 29.4 Å². The second-order valence-corrected chi connectivity index (χ2v) is 20.6. The zero-order valence-electron chi connectivity index (χ0n) is 28.7. The van der Waals surface area contributed by atoms with Crippen LogP contribution in [-0.4, -0.2) is 117 Å². The molecule has 3 aliphatic rings. The van der Waals surface area contributed by atoms with Gasteiger partial charge in [-0.05, 0) is 50.1 Å². The van der Waals surface area contributed by atoms with Crippen LogP contribution < -0.4 is 15.1 Å². The predicted octanol–water partition coefficient (Wildman–Crippen LogP) is 4.70. The van der Waals surface area contributed by atoms with Crippen molar-refractivity contribution in [3.8, 4) is 0 Å². The Bertz CT molecular complexity index is 1490. The molecule has 1 N–H and O–H groups in total. The molecule has 1 saturated carbocycles. The number of aromatic nitrogens is 4. The third kappa shape index (κ3) is 9.91. The average molecular weight is 682 g/mol. The highest BCUT2D eigenvalue weighted by Gasteiger charge is 2.25. The van der Waals surface area contributed by atoms with E-state index in [2.05, 4.69) is 51.1 Å². The van der Waals surface area contributed by atoms with Crippen LogP contribution in [0.4, 0.5) is 16.6 Å². The normalized spacial score (nSPS) is 18.3. The Morgan fingerprint density at radius 1 is 0.979 bits per heavy atom. The second-order valence-electron chi connectivity index (χ2n) is 14.0. The number of pyridine rings is 2. The van der Waals surface area contributed by atoms with Crippen LogP contribution in [0.15, 0.2) is 24.4 Å². The van der Waals surface area contributed by atoms with E-state index in [4.69, 9.17) is 9.72 Å². The maximum Gasteiger partial charge on any atom is 0.236 e. The fourth-order valence-corrected chi connectivity index (χ4v) is 7.58. The van der Waals surface area contributed by atoms with Gasteiger partial charge in [-0.2, -0.15) is 0 Å². The second kappa shape index (κ2) is 16.3. The Morgan fingerprint density at radius 2 is 1.77 bits per heavy atom. The summed E-state index contributed by atoms with van der Waals surface area (Å²) in [4.78, 5) is 40.6. The van der Waals surface area contributed by atoms with Gasteiger partial charge in [0.25, 0.3) is 0 Å².